The molecule has 0 spiro atoms. The molecular weight excluding hydrogens is 256 g/mol. The summed E-state index contributed by atoms with van der Waals surface area (Å²) >= 11 is 0. The van der Waals surface area contributed by atoms with Crippen LogP contribution in [0, 0.1) is 5.92 Å². The molecule has 2 atom stereocenters. The first-order valence-electron chi connectivity index (χ1n) is 7.83. The summed E-state index contributed by atoms with van der Waals surface area (Å²) in [5.41, 5.74) is 0. The molecule has 0 aromatic rings. The lowest BCUT2D eigenvalue weighted by molar-refractivity contribution is -0.142. The highest BCUT2D eigenvalue weighted by molar-refractivity contribution is 5.71. The molecule has 1 aliphatic heterocycles. The van der Waals surface area contributed by atoms with Crippen molar-refractivity contribution in [3.63, 3.8) is 0 Å². The summed E-state index contributed by atoms with van der Waals surface area (Å²) < 4.78 is 4.77. The van der Waals surface area contributed by atoms with E-state index >= 15 is 0 Å². The summed E-state index contributed by atoms with van der Waals surface area (Å²) in [5.74, 6) is 0.496. The molecular formula is C15H30N2O3. The second kappa shape index (κ2) is 10.1. The van der Waals surface area contributed by atoms with E-state index in [-0.39, 0.29) is 12.6 Å². The van der Waals surface area contributed by atoms with Crippen LogP contribution >= 0.6 is 0 Å². The van der Waals surface area contributed by atoms with Crippen LogP contribution in [0.25, 0.3) is 0 Å². The van der Waals surface area contributed by atoms with Gasteiger partial charge in [0, 0.05) is 25.7 Å². The van der Waals surface area contributed by atoms with Gasteiger partial charge < -0.3 is 15.2 Å². The Kier molecular flexibility index (Phi) is 8.82. The summed E-state index contributed by atoms with van der Waals surface area (Å²) in [6.45, 7) is 5.55. The quantitative estimate of drug-likeness (QED) is 0.489. The Morgan fingerprint density at radius 3 is 2.85 bits per heavy atom. The molecule has 1 fully saturated rings. The van der Waals surface area contributed by atoms with Gasteiger partial charge >= 0.3 is 5.97 Å². The van der Waals surface area contributed by atoms with Gasteiger partial charge in [0.1, 0.15) is 0 Å². The second-order valence-electron chi connectivity index (χ2n) is 5.74. The molecule has 0 aromatic carbocycles. The molecule has 0 aromatic heterocycles. The Hall–Kier alpha value is -0.650. The summed E-state index contributed by atoms with van der Waals surface area (Å²) in [6.07, 6.45) is 5.65. The van der Waals surface area contributed by atoms with Crippen molar-refractivity contribution in [2.45, 2.75) is 45.1 Å². The molecule has 2 N–H and O–H groups in total. The highest BCUT2D eigenvalue weighted by Gasteiger charge is 2.27. The van der Waals surface area contributed by atoms with Crippen LogP contribution in [0.2, 0.25) is 0 Å². The summed E-state index contributed by atoms with van der Waals surface area (Å²) in [4.78, 5) is 13.7. The number of piperidine rings is 1. The van der Waals surface area contributed by atoms with Crippen molar-refractivity contribution >= 4 is 5.97 Å². The molecule has 2 unspecified atom stereocenters. The van der Waals surface area contributed by atoms with Crippen molar-refractivity contribution in [3.8, 4) is 0 Å². The number of aliphatic hydroxyl groups is 1. The SMILES string of the molecule is CCCCC1CC(NCCCO)CN(CC(=O)OC)C1. The van der Waals surface area contributed by atoms with Gasteiger partial charge in [-0.15, -0.1) is 0 Å². The summed E-state index contributed by atoms with van der Waals surface area (Å²) in [5, 5.41) is 12.4. The third-order valence-corrected chi connectivity index (χ3v) is 3.93. The maximum atomic E-state index is 11.5. The number of rotatable bonds is 9. The van der Waals surface area contributed by atoms with E-state index in [0.29, 0.717) is 18.5 Å². The van der Waals surface area contributed by atoms with Gasteiger partial charge in [-0.05, 0) is 31.7 Å². The Labute approximate surface area is 122 Å². The smallest absolute Gasteiger partial charge is 0.319 e. The number of ether oxygens (including phenoxy) is 1. The summed E-state index contributed by atoms with van der Waals surface area (Å²) in [7, 11) is 1.44. The predicted octanol–water partition coefficient (Wildman–Crippen LogP) is 1.01. The highest BCUT2D eigenvalue weighted by Crippen LogP contribution is 2.22. The molecule has 5 heteroatoms. The first kappa shape index (κ1) is 17.4. The third kappa shape index (κ3) is 6.68. The maximum Gasteiger partial charge on any atom is 0.319 e. The lowest BCUT2D eigenvalue weighted by Gasteiger charge is -2.37. The molecule has 5 nitrogen and oxygen atoms in total. The lowest BCUT2D eigenvalue weighted by atomic mass is 9.90. The van der Waals surface area contributed by atoms with Crippen LogP contribution in [0.5, 0.6) is 0 Å². The number of likely N-dealkylation sites (tertiary alicyclic amines) is 1. The molecule has 0 radical (unpaired) electrons. The van der Waals surface area contributed by atoms with Gasteiger partial charge in [0.2, 0.25) is 0 Å². The minimum atomic E-state index is -0.157. The van der Waals surface area contributed by atoms with Crippen LogP contribution in [0.1, 0.15) is 39.0 Å². The Bertz CT molecular complexity index is 274. The number of carbonyl (C=O) groups excluding carboxylic acids is 1. The number of methoxy groups -OCH3 is 1. The molecule has 1 saturated heterocycles. The topological polar surface area (TPSA) is 61.8 Å². The van der Waals surface area contributed by atoms with Gasteiger partial charge in [-0.1, -0.05) is 19.8 Å². The van der Waals surface area contributed by atoms with Crippen LogP contribution in [0.4, 0.5) is 0 Å². The van der Waals surface area contributed by atoms with E-state index in [0.717, 1.165) is 26.1 Å². The van der Waals surface area contributed by atoms with E-state index < -0.39 is 0 Å². The molecule has 1 rings (SSSR count). The fraction of sp³-hybridized carbons (Fsp3) is 0.933. The van der Waals surface area contributed by atoms with E-state index in [1.54, 1.807) is 0 Å². The number of hydrogen-bond donors (Lipinski definition) is 2. The van der Waals surface area contributed by atoms with Crippen molar-refractivity contribution in [1.29, 1.82) is 0 Å². The number of carbonyl (C=O) groups is 1. The monoisotopic (exact) mass is 286 g/mol. The van der Waals surface area contributed by atoms with Crippen molar-refractivity contribution in [1.82, 2.24) is 10.2 Å². The number of aliphatic hydroxyl groups excluding tert-OH is 1. The molecule has 1 heterocycles. The van der Waals surface area contributed by atoms with Crippen LogP contribution < -0.4 is 5.32 Å². The molecule has 118 valence electrons. The van der Waals surface area contributed by atoms with E-state index in [4.69, 9.17) is 9.84 Å². The first-order valence-corrected chi connectivity index (χ1v) is 7.83. The van der Waals surface area contributed by atoms with E-state index in [1.165, 1.54) is 32.8 Å². The molecule has 0 bridgehead atoms. The number of unbranched alkanes of at least 4 members (excludes halogenated alkanes) is 1. The van der Waals surface area contributed by atoms with Crippen molar-refractivity contribution < 1.29 is 14.6 Å². The maximum absolute atomic E-state index is 11.5. The fourth-order valence-electron chi connectivity index (χ4n) is 2.91. The van der Waals surface area contributed by atoms with Crippen LogP contribution in [0.3, 0.4) is 0 Å². The van der Waals surface area contributed by atoms with Gasteiger partial charge in [-0.3, -0.25) is 9.69 Å². The predicted molar refractivity (Wildman–Crippen MR) is 79.6 cm³/mol. The Morgan fingerprint density at radius 1 is 1.40 bits per heavy atom. The average Bonchev–Trinajstić information content (AvgIpc) is 2.45. The largest absolute Gasteiger partial charge is 0.468 e. The molecule has 0 amide bonds. The standard InChI is InChI=1S/C15H30N2O3/c1-3-4-6-13-9-14(16-7-5-8-18)11-17(10-13)12-15(19)20-2/h13-14,16,18H,3-12H2,1-2H3. The van der Waals surface area contributed by atoms with Crippen molar-refractivity contribution in [3.05, 3.63) is 0 Å². The minimum absolute atomic E-state index is 0.157. The Morgan fingerprint density at radius 2 is 2.20 bits per heavy atom. The minimum Gasteiger partial charge on any atom is -0.468 e. The van der Waals surface area contributed by atoms with Crippen LogP contribution in [0.15, 0.2) is 0 Å². The Balaban J connectivity index is 2.45. The number of nitrogens with zero attached hydrogens (tertiary/aromatic N) is 1. The van der Waals surface area contributed by atoms with Gasteiger partial charge in [0.15, 0.2) is 0 Å². The molecule has 20 heavy (non-hydrogen) atoms. The van der Waals surface area contributed by atoms with Gasteiger partial charge in [0.05, 0.1) is 13.7 Å². The first-order chi connectivity index (χ1) is 9.69. The molecule has 0 aliphatic carbocycles. The van der Waals surface area contributed by atoms with Gasteiger partial charge in [-0.25, -0.2) is 0 Å². The summed E-state index contributed by atoms with van der Waals surface area (Å²) in [6, 6.07) is 0.418. The highest BCUT2D eigenvalue weighted by atomic mass is 16.5. The number of esters is 1. The number of nitrogens with one attached hydrogen (secondary N) is 1. The zero-order valence-electron chi connectivity index (χ0n) is 12.9. The normalized spacial score (nSPS) is 23.8. The fourth-order valence-corrected chi connectivity index (χ4v) is 2.91. The second-order valence-corrected chi connectivity index (χ2v) is 5.74. The lowest BCUT2D eigenvalue weighted by Crippen LogP contribution is -2.50. The zero-order valence-corrected chi connectivity index (χ0v) is 12.9. The average molecular weight is 286 g/mol. The molecule has 0 saturated carbocycles. The van der Waals surface area contributed by atoms with Crippen LogP contribution in [-0.2, 0) is 9.53 Å². The van der Waals surface area contributed by atoms with Crippen molar-refractivity contribution in [2.75, 3.05) is 39.9 Å². The molecule has 1 aliphatic rings. The van der Waals surface area contributed by atoms with Gasteiger partial charge in [-0.2, -0.15) is 0 Å². The van der Waals surface area contributed by atoms with E-state index in [1.807, 2.05) is 0 Å². The van der Waals surface area contributed by atoms with E-state index in [9.17, 15) is 4.79 Å². The van der Waals surface area contributed by atoms with E-state index in [2.05, 4.69) is 17.1 Å². The van der Waals surface area contributed by atoms with Crippen LogP contribution in [-0.4, -0.2) is 61.9 Å². The van der Waals surface area contributed by atoms with Gasteiger partial charge in [0.25, 0.3) is 0 Å². The third-order valence-electron chi connectivity index (χ3n) is 3.93. The number of hydrogen-bond acceptors (Lipinski definition) is 5. The van der Waals surface area contributed by atoms with Crippen molar-refractivity contribution in [2.24, 2.45) is 5.92 Å². The zero-order chi connectivity index (χ0) is 14.8.